The zero-order valence-corrected chi connectivity index (χ0v) is 11.8. The third-order valence-electron chi connectivity index (χ3n) is 2.74. The number of benzene rings is 1. The summed E-state index contributed by atoms with van der Waals surface area (Å²) in [5.74, 6) is -0.186. The van der Waals surface area contributed by atoms with E-state index < -0.39 is 0 Å². The van der Waals surface area contributed by atoms with Gasteiger partial charge in [-0.05, 0) is 24.6 Å². The topological polar surface area (TPSA) is 47.6 Å². The van der Waals surface area contributed by atoms with E-state index in [9.17, 15) is 4.79 Å². The molecule has 1 amide bonds. The number of amides is 1. The molecule has 1 aliphatic heterocycles. The molecule has 0 bridgehead atoms. The van der Waals surface area contributed by atoms with Gasteiger partial charge in [0.1, 0.15) is 0 Å². The predicted octanol–water partition coefficient (Wildman–Crippen LogP) is 2.88. The number of halogens is 2. The summed E-state index contributed by atoms with van der Waals surface area (Å²) in [7, 11) is 0. The van der Waals surface area contributed by atoms with E-state index in [1.807, 2.05) is 0 Å². The van der Waals surface area contributed by atoms with Gasteiger partial charge in [-0.1, -0.05) is 23.2 Å². The Balaban J connectivity index is 1.78. The minimum atomic E-state index is -0.220. The molecular weight excluding hydrogens is 289 g/mol. The van der Waals surface area contributed by atoms with Gasteiger partial charge >= 0.3 is 0 Å². The van der Waals surface area contributed by atoms with Crippen molar-refractivity contribution >= 4 is 29.1 Å². The number of nitrogens with one attached hydrogen (secondary N) is 1. The van der Waals surface area contributed by atoms with Gasteiger partial charge in [0.05, 0.1) is 23.3 Å². The Morgan fingerprint density at radius 2 is 2.00 bits per heavy atom. The Labute approximate surface area is 122 Å². The first-order chi connectivity index (χ1) is 9.16. The van der Waals surface area contributed by atoms with Crippen molar-refractivity contribution in [1.82, 2.24) is 5.32 Å². The highest BCUT2D eigenvalue weighted by Crippen LogP contribution is 2.22. The van der Waals surface area contributed by atoms with Crippen molar-refractivity contribution < 1.29 is 14.3 Å². The highest BCUT2D eigenvalue weighted by atomic mass is 35.5. The third kappa shape index (κ3) is 4.35. The lowest BCUT2D eigenvalue weighted by molar-refractivity contribution is -0.180. The molecule has 0 unspecified atom stereocenters. The smallest absolute Gasteiger partial charge is 0.251 e. The first-order valence-corrected chi connectivity index (χ1v) is 6.89. The lowest BCUT2D eigenvalue weighted by atomic mass is 10.2. The van der Waals surface area contributed by atoms with E-state index in [1.165, 1.54) is 0 Å². The van der Waals surface area contributed by atoms with Crippen LogP contribution >= 0.6 is 23.2 Å². The van der Waals surface area contributed by atoms with Gasteiger partial charge < -0.3 is 14.8 Å². The zero-order chi connectivity index (χ0) is 13.7. The second kappa shape index (κ2) is 7.10. The fourth-order valence-corrected chi connectivity index (χ4v) is 2.04. The van der Waals surface area contributed by atoms with E-state index in [2.05, 4.69) is 5.32 Å². The number of ether oxygens (including phenoxy) is 2. The monoisotopic (exact) mass is 303 g/mol. The van der Waals surface area contributed by atoms with E-state index in [0.29, 0.717) is 41.8 Å². The Kier molecular flexibility index (Phi) is 5.45. The lowest BCUT2D eigenvalue weighted by Crippen LogP contribution is -2.31. The number of hydrogen-bond acceptors (Lipinski definition) is 3. The summed E-state index contributed by atoms with van der Waals surface area (Å²) in [4.78, 5) is 11.9. The summed E-state index contributed by atoms with van der Waals surface area (Å²) in [5.41, 5.74) is 0.486. The van der Waals surface area contributed by atoms with Crippen LogP contribution in [-0.2, 0) is 9.47 Å². The molecule has 104 valence electrons. The quantitative estimate of drug-likeness (QED) is 0.930. The maximum absolute atomic E-state index is 11.9. The molecule has 0 spiro atoms. The highest BCUT2D eigenvalue weighted by Gasteiger charge is 2.14. The first-order valence-electron chi connectivity index (χ1n) is 6.13. The van der Waals surface area contributed by atoms with Gasteiger partial charge in [0.25, 0.3) is 5.91 Å². The molecule has 0 aliphatic carbocycles. The van der Waals surface area contributed by atoms with Gasteiger partial charge in [-0.2, -0.15) is 0 Å². The van der Waals surface area contributed by atoms with Crippen LogP contribution in [0.5, 0.6) is 0 Å². The van der Waals surface area contributed by atoms with E-state index in [1.54, 1.807) is 18.2 Å². The molecule has 1 heterocycles. The first kappa shape index (κ1) is 14.6. The minimum absolute atomic E-state index is 0.186. The molecule has 0 aromatic heterocycles. The molecule has 2 rings (SSSR count). The molecule has 0 radical (unpaired) electrons. The molecule has 4 nitrogen and oxygen atoms in total. The van der Waals surface area contributed by atoms with Gasteiger partial charge in [0, 0.05) is 18.5 Å². The van der Waals surface area contributed by atoms with Crippen LogP contribution in [-0.4, -0.2) is 32.0 Å². The molecule has 1 saturated heterocycles. The van der Waals surface area contributed by atoms with Gasteiger partial charge in [0.2, 0.25) is 0 Å². The normalized spacial score (nSPS) is 16.3. The molecule has 1 aliphatic rings. The van der Waals surface area contributed by atoms with Gasteiger partial charge in [0.15, 0.2) is 6.29 Å². The van der Waals surface area contributed by atoms with Crippen LogP contribution in [0.15, 0.2) is 18.2 Å². The van der Waals surface area contributed by atoms with Crippen LogP contribution in [0.1, 0.15) is 23.2 Å². The van der Waals surface area contributed by atoms with Crippen LogP contribution in [0.2, 0.25) is 10.0 Å². The van der Waals surface area contributed by atoms with Crippen LogP contribution in [0, 0.1) is 0 Å². The second-order valence-corrected chi connectivity index (χ2v) is 5.01. The van der Waals surface area contributed by atoms with Crippen molar-refractivity contribution in [1.29, 1.82) is 0 Å². The molecule has 0 atom stereocenters. The second-order valence-electron chi connectivity index (χ2n) is 4.20. The van der Waals surface area contributed by atoms with E-state index in [-0.39, 0.29) is 12.2 Å². The Morgan fingerprint density at radius 1 is 1.26 bits per heavy atom. The Bertz CT molecular complexity index is 448. The van der Waals surface area contributed by atoms with Crippen molar-refractivity contribution in [2.45, 2.75) is 19.1 Å². The minimum Gasteiger partial charge on any atom is -0.353 e. The molecule has 1 fully saturated rings. The number of rotatable bonds is 4. The molecular formula is C13H15Cl2NO3. The van der Waals surface area contributed by atoms with Crippen LogP contribution in [0.25, 0.3) is 0 Å². The van der Waals surface area contributed by atoms with E-state index >= 15 is 0 Å². The number of carbonyl (C=O) groups excluding carboxylic acids is 1. The summed E-state index contributed by atoms with van der Waals surface area (Å²) < 4.78 is 10.8. The SMILES string of the molecule is O=C(NCCC1OCCCO1)c1ccc(Cl)c(Cl)c1. The van der Waals surface area contributed by atoms with Crippen LogP contribution < -0.4 is 5.32 Å². The van der Waals surface area contributed by atoms with Crippen molar-refractivity contribution in [2.24, 2.45) is 0 Å². The summed E-state index contributed by atoms with van der Waals surface area (Å²) in [6.07, 6.45) is 1.34. The van der Waals surface area contributed by atoms with Gasteiger partial charge in [-0.25, -0.2) is 0 Å². The number of carbonyl (C=O) groups is 1. The molecule has 1 N–H and O–H groups in total. The van der Waals surface area contributed by atoms with Crippen molar-refractivity contribution in [2.75, 3.05) is 19.8 Å². The van der Waals surface area contributed by atoms with E-state index in [4.69, 9.17) is 32.7 Å². The molecule has 1 aromatic rings. The Morgan fingerprint density at radius 3 is 2.68 bits per heavy atom. The fraction of sp³-hybridized carbons (Fsp3) is 0.462. The average Bonchev–Trinajstić information content (AvgIpc) is 2.43. The standard InChI is InChI=1S/C13H15Cl2NO3/c14-10-3-2-9(8-11(10)15)13(17)16-5-4-12-18-6-1-7-19-12/h2-3,8,12H,1,4-7H2,(H,16,17). The Hall–Kier alpha value is -0.810. The number of hydrogen-bond donors (Lipinski definition) is 1. The lowest BCUT2D eigenvalue weighted by Gasteiger charge is -2.23. The molecule has 6 heteroatoms. The average molecular weight is 304 g/mol. The highest BCUT2D eigenvalue weighted by molar-refractivity contribution is 6.42. The largest absolute Gasteiger partial charge is 0.353 e. The van der Waals surface area contributed by atoms with Crippen LogP contribution in [0.4, 0.5) is 0 Å². The van der Waals surface area contributed by atoms with Crippen molar-refractivity contribution in [3.63, 3.8) is 0 Å². The van der Waals surface area contributed by atoms with E-state index in [0.717, 1.165) is 6.42 Å². The third-order valence-corrected chi connectivity index (χ3v) is 3.48. The fourth-order valence-electron chi connectivity index (χ4n) is 1.75. The van der Waals surface area contributed by atoms with Gasteiger partial charge in [-0.15, -0.1) is 0 Å². The molecule has 0 saturated carbocycles. The molecule has 1 aromatic carbocycles. The maximum atomic E-state index is 11.9. The molecule has 19 heavy (non-hydrogen) atoms. The predicted molar refractivity (Wildman–Crippen MR) is 73.7 cm³/mol. The zero-order valence-electron chi connectivity index (χ0n) is 10.3. The maximum Gasteiger partial charge on any atom is 0.251 e. The summed E-state index contributed by atoms with van der Waals surface area (Å²) in [6.45, 7) is 1.92. The summed E-state index contributed by atoms with van der Waals surface area (Å²) in [6, 6.07) is 4.79. The van der Waals surface area contributed by atoms with Gasteiger partial charge in [-0.3, -0.25) is 4.79 Å². The van der Waals surface area contributed by atoms with Crippen molar-refractivity contribution in [3.05, 3.63) is 33.8 Å². The van der Waals surface area contributed by atoms with Crippen LogP contribution in [0.3, 0.4) is 0 Å². The summed E-state index contributed by atoms with van der Waals surface area (Å²) >= 11 is 11.7. The summed E-state index contributed by atoms with van der Waals surface area (Å²) in [5, 5.41) is 3.59. The van der Waals surface area contributed by atoms with Crippen molar-refractivity contribution in [3.8, 4) is 0 Å².